The van der Waals surface area contributed by atoms with Crippen molar-refractivity contribution in [3.05, 3.63) is 0 Å². The normalized spacial score (nSPS) is 22.5. The molecular weight excluding hydrogens is 157 g/mol. The lowest BCUT2D eigenvalue weighted by Gasteiger charge is -2.00. The van der Waals surface area contributed by atoms with Gasteiger partial charge in [-0.1, -0.05) is 0 Å². The summed E-state index contributed by atoms with van der Waals surface area (Å²) in [6.45, 7) is 3.13. The van der Waals surface area contributed by atoms with Crippen LogP contribution in [0.25, 0.3) is 0 Å². The zero-order valence-corrected chi connectivity index (χ0v) is 7.23. The molecule has 0 aromatic carbocycles. The first-order valence-corrected chi connectivity index (χ1v) is 6.35. The minimum absolute atomic E-state index is 0.618. The molecule has 4 heteroatoms. The Bertz CT molecular complexity index is 82.1. The molecule has 1 aliphatic heterocycles. The second-order valence-electron chi connectivity index (χ2n) is 1.81. The number of hydrogen-bond donors (Lipinski definition) is 0. The molecule has 0 amide bonds. The van der Waals surface area contributed by atoms with Gasteiger partial charge in [0.2, 0.25) is 6.56 Å². The molecule has 0 bridgehead atoms. The van der Waals surface area contributed by atoms with Crippen LogP contribution in [0, 0.1) is 0 Å². The highest BCUT2D eigenvalue weighted by molar-refractivity contribution is 8.56. The van der Waals surface area contributed by atoms with Gasteiger partial charge in [0, 0.05) is 13.1 Å². The maximum Gasteiger partial charge on any atom is 0.247 e. The highest BCUT2D eigenvalue weighted by Crippen LogP contribution is 2.27. The maximum atomic E-state index is 4.84. The highest BCUT2D eigenvalue weighted by atomic mass is 32.9. The van der Waals surface area contributed by atoms with Gasteiger partial charge < -0.3 is 0 Å². The average molecular weight is 166 g/mol. The molecule has 0 aromatic heterocycles. The van der Waals surface area contributed by atoms with E-state index in [4.69, 9.17) is 11.8 Å². The van der Waals surface area contributed by atoms with Crippen LogP contribution in [0.1, 0.15) is 12.8 Å². The van der Waals surface area contributed by atoms with Gasteiger partial charge >= 0.3 is 0 Å². The Kier molecular flexibility index (Phi) is 3.28. The summed E-state index contributed by atoms with van der Waals surface area (Å²) in [4.78, 5) is 0. The molecule has 1 saturated heterocycles. The molecule has 1 atom stereocenters. The maximum absolute atomic E-state index is 4.84. The van der Waals surface area contributed by atoms with Gasteiger partial charge in [-0.25, -0.2) is 4.31 Å². The highest BCUT2D eigenvalue weighted by Gasteiger charge is 2.13. The van der Waals surface area contributed by atoms with Crippen molar-refractivity contribution >= 4 is 29.9 Å². The second-order valence-corrected chi connectivity index (χ2v) is 5.22. The summed E-state index contributed by atoms with van der Waals surface area (Å²) < 4.78 is 2.37. The molecule has 0 spiro atoms. The number of hydrogen-bond acceptors (Lipinski definition) is 3. The Morgan fingerprint density at radius 3 is 2.50 bits per heavy atom. The second kappa shape index (κ2) is 3.78. The monoisotopic (exact) mass is 166 g/mol. The average Bonchev–Trinajstić information content (AvgIpc) is 2.19. The quantitative estimate of drug-likeness (QED) is 0.455. The topological polar surface area (TPSA) is 3.24 Å². The molecule has 1 rings (SSSR count). The van der Waals surface area contributed by atoms with E-state index in [1.165, 1.54) is 25.9 Å². The van der Waals surface area contributed by atoms with Crippen molar-refractivity contribution in [3.8, 4) is 0 Å². The molecule has 0 aliphatic carbocycles. The van der Waals surface area contributed by atoms with Crippen LogP contribution in [0.4, 0.5) is 0 Å². The number of rotatable bonds is 2. The van der Waals surface area contributed by atoms with Crippen LogP contribution in [0.2, 0.25) is 0 Å². The van der Waals surface area contributed by atoms with Gasteiger partial charge in [-0.15, -0.1) is 0 Å². The summed E-state index contributed by atoms with van der Waals surface area (Å²) in [6, 6.07) is 0. The third-order valence-corrected chi connectivity index (χ3v) is 3.60. The lowest BCUT2D eigenvalue weighted by atomic mass is 10.4. The van der Waals surface area contributed by atoms with Crippen molar-refractivity contribution in [3.63, 3.8) is 0 Å². The van der Waals surface area contributed by atoms with E-state index in [-0.39, 0.29) is 0 Å². The van der Waals surface area contributed by atoms with E-state index in [9.17, 15) is 0 Å². The van der Waals surface area contributed by atoms with Crippen LogP contribution in [-0.4, -0.2) is 17.4 Å². The van der Waals surface area contributed by atoms with Gasteiger partial charge in [0.25, 0.3) is 0 Å². The van der Waals surface area contributed by atoms with E-state index >= 15 is 0 Å². The standard InChI is InChI=1S/C4H8NPS2/c7-6-8-5-3-1-2-4-5/h1-4H2/p+1. The van der Waals surface area contributed by atoms with Crippen molar-refractivity contribution in [2.45, 2.75) is 12.8 Å². The lowest BCUT2D eigenvalue weighted by molar-refractivity contribution is 0.593. The van der Waals surface area contributed by atoms with Crippen molar-refractivity contribution in [1.82, 2.24) is 4.31 Å². The summed E-state index contributed by atoms with van der Waals surface area (Å²) in [7, 11) is 0. The molecule has 1 unspecified atom stereocenters. The first-order valence-electron chi connectivity index (χ1n) is 2.72. The van der Waals surface area contributed by atoms with Crippen molar-refractivity contribution in [2.75, 3.05) is 13.1 Å². The molecule has 1 heterocycles. The van der Waals surface area contributed by atoms with Crippen LogP contribution in [0.5, 0.6) is 0 Å². The van der Waals surface area contributed by atoms with E-state index in [0.717, 1.165) is 0 Å². The molecule has 46 valence electrons. The zero-order valence-electron chi connectivity index (χ0n) is 4.59. The SMILES string of the molecule is S=[PH+]SN1CCCC1. The largest absolute Gasteiger partial charge is 0.247 e. The van der Waals surface area contributed by atoms with Gasteiger partial charge in [0.05, 0.1) is 0 Å². The minimum atomic E-state index is 0.618. The fourth-order valence-corrected chi connectivity index (χ4v) is 3.19. The van der Waals surface area contributed by atoms with Crippen molar-refractivity contribution < 1.29 is 0 Å². The van der Waals surface area contributed by atoms with Crippen LogP contribution >= 0.6 is 18.1 Å². The summed E-state index contributed by atoms with van der Waals surface area (Å²) in [6.07, 6.45) is 2.74. The van der Waals surface area contributed by atoms with Crippen LogP contribution in [-0.2, 0) is 11.8 Å². The van der Waals surface area contributed by atoms with Crippen LogP contribution in [0.15, 0.2) is 0 Å². The first-order chi connectivity index (χ1) is 3.93. The van der Waals surface area contributed by atoms with E-state index in [0.29, 0.717) is 6.56 Å². The summed E-state index contributed by atoms with van der Waals surface area (Å²) in [5.41, 5.74) is 0. The summed E-state index contributed by atoms with van der Waals surface area (Å²) in [5, 5.41) is 0. The Morgan fingerprint density at radius 1 is 1.38 bits per heavy atom. The Labute approximate surface area is 60.5 Å². The predicted molar refractivity (Wildman–Crippen MR) is 44.1 cm³/mol. The zero-order chi connectivity index (χ0) is 5.82. The molecule has 0 radical (unpaired) electrons. The van der Waals surface area contributed by atoms with E-state index in [1.807, 2.05) is 11.6 Å². The van der Waals surface area contributed by atoms with Crippen molar-refractivity contribution in [1.29, 1.82) is 0 Å². The molecule has 0 saturated carbocycles. The molecule has 1 aliphatic rings. The van der Waals surface area contributed by atoms with Crippen LogP contribution in [0.3, 0.4) is 0 Å². The lowest BCUT2D eigenvalue weighted by Crippen LogP contribution is -2.05. The van der Waals surface area contributed by atoms with Crippen LogP contribution < -0.4 is 0 Å². The van der Waals surface area contributed by atoms with E-state index < -0.39 is 0 Å². The molecule has 0 aromatic rings. The predicted octanol–water partition coefficient (Wildman–Crippen LogP) is 1.79. The third-order valence-electron chi connectivity index (χ3n) is 1.23. The van der Waals surface area contributed by atoms with Gasteiger partial charge in [-0.2, -0.15) is 0 Å². The van der Waals surface area contributed by atoms with E-state index in [2.05, 4.69) is 4.31 Å². The Hall–Kier alpha value is 0.830. The summed E-state index contributed by atoms with van der Waals surface area (Å²) in [5.74, 6) is 0. The fraction of sp³-hybridized carbons (Fsp3) is 1.00. The smallest absolute Gasteiger partial charge is 0.210 e. The minimum Gasteiger partial charge on any atom is -0.210 e. The molecule has 1 nitrogen and oxygen atoms in total. The third kappa shape index (κ3) is 1.98. The Morgan fingerprint density at radius 2 is 2.00 bits per heavy atom. The molecule has 0 N–H and O–H groups in total. The van der Waals surface area contributed by atoms with Crippen molar-refractivity contribution in [2.24, 2.45) is 0 Å². The summed E-state index contributed by atoms with van der Waals surface area (Å²) >= 11 is 6.65. The molecular formula is C4H9NPS2+. The fourth-order valence-electron chi connectivity index (χ4n) is 0.832. The van der Waals surface area contributed by atoms with Gasteiger partial charge in [-0.3, -0.25) is 0 Å². The molecule has 8 heavy (non-hydrogen) atoms. The van der Waals surface area contributed by atoms with Gasteiger partial charge in [-0.05, 0) is 12.8 Å². The molecule has 1 fully saturated rings. The van der Waals surface area contributed by atoms with Gasteiger partial charge in [0.15, 0.2) is 23.4 Å². The van der Waals surface area contributed by atoms with Gasteiger partial charge in [0.1, 0.15) is 0 Å². The first kappa shape index (κ1) is 6.94. The Balaban J connectivity index is 2.14. The number of nitrogens with zero attached hydrogens (tertiary/aromatic N) is 1. The van der Waals surface area contributed by atoms with E-state index in [1.54, 1.807) is 0 Å².